The van der Waals surface area contributed by atoms with Crippen LogP contribution in [0.1, 0.15) is 40.9 Å². The van der Waals surface area contributed by atoms with E-state index in [0.717, 1.165) is 56.7 Å². The summed E-state index contributed by atoms with van der Waals surface area (Å²) in [6.45, 7) is 6.15. The molecule has 3 nitrogen and oxygen atoms in total. The number of aromatic nitrogens is 1. The molecule has 0 unspecified atom stereocenters. The van der Waals surface area contributed by atoms with Crippen LogP contribution < -0.4 is 5.32 Å². The van der Waals surface area contributed by atoms with E-state index < -0.39 is 0 Å². The maximum atomic E-state index is 13.5. The molecule has 0 aliphatic carbocycles. The van der Waals surface area contributed by atoms with E-state index in [-0.39, 0.29) is 5.91 Å². The standard InChI is InChI=1S/C25H23ClN2OS/c1-4-16-8-6-9-17(5-2)24(16)28-25(29)19-14-21(22-10-7-13-30-22)27-23-15(3)20(26)12-11-18(19)23/h6-14H,4-5H2,1-3H3,(H,28,29). The van der Waals surface area contributed by atoms with E-state index in [1.807, 2.05) is 42.6 Å². The Balaban J connectivity index is 1.88. The van der Waals surface area contributed by atoms with Crippen molar-refractivity contribution in [3.05, 3.63) is 81.2 Å². The van der Waals surface area contributed by atoms with E-state index in [4.69, 9.17) is 16.6 Å². The van der Waals surface area contributed by atoms with Crippen molar-refractivity contribution in [2.75, 3.05) is 5.32 Å². The summed E-state index contributed by atoms with van der Waals surface area (Å²) in [5.41, 5.74) is 6.23. The predicted octanol–water partition coefficient (Wildman–Crippen LogP) is 7.30. The highest BCUT2D eigenvalue weighted by molar-refractivity contribution is 7.13. The Bertz CT molecular complexity index is 1210. The number of thiophene rings is 1. The maximum Gasteiger partial charge on any atom is 0.256 e. The number of nitrogens with one attached hydrogen (secondary N) is 1. The molecule has 2 aromatic carbocycles. The molecule has 0 fully saturated rings. The van der Waals surface area contributed by atoms with Gasteiger partial charge in [0, 0.05) is 16.1 Å². The average molecular weight is 435 g/mol. The van der Waals surface area contributed by atoms with Crippen LogP contribution >= 0.6 is 22.9 Å². The molecule has 0 bridgehead atoms. The van der Waals surface area contributed by atoms with E-state index in [1.54, 1.807) is 11.3 Å². The van der Waals surface area contributed by atoms with Gasteiger partial charge in [-0.25, -0.2) is 4.98 Å². The normalized spacial score (nSPS) is 11.1. The van der Waals surface area contributed by atoms with Crippen LogP contribution in [-0.2, 0) is 12.8 Å². The third-order valence-electron chi connectivity index (χ3n) is 5.42. The molecular weight excluding hydrogens is 412 g/mol. The predicted molar refractivity (Wildman–Crippen MR) is 128 cm³/mol. The lowest BCUT2D eigenvalue weighted by atomic mass is 10.0. The number of nitrogens with zero attached hydrogens (tertiary/aromatic N) is 1. The minimum Gasteiger partial charge on any atom is -0.321 e. The molecule has 1 amide bonds. The van der Waals surface area contributed by atoms with Crippen LogP contribution in [0.4, 0.5) is 5.69 Å². The molecule has 0 atom stereocenters. The summed E-state index contributed by atoms with van der Waals surface area (Å²) in [5.74, 6) is -0.127. The van der Waals surface area contributed by atoms with Crippen LogP contribution in [0.15, 0.2) is 53.9 Å². The van der Waals surface area contributed by atoms with Crippen molar-refractivity contribution in [3.8, 4) is 10.6 Å². The van der Waals surface area contributed by atoms with Gasteiger partial charge in [-0.2, -0.15) is 0 Å². The monoisotopic (exact) mass is 434 g/mol. The van der Waals surface area contributed by atoms with Gasteiger partial charge in [-0.05, 0) is 60.0 Å². The molecule has 0 radical (unpaired) electrons. The summed E-state index contributed by atoms with van der Waals surface area (Å²) in [5, 5.41) is 6.67. The number of carbonyl (C=O) groups excluding carboxylic acids is 1. The van der Waals surface area contributed by atoms with Crippen molar-refractivity contribution >= 4 is 45.4 Å². The zero-order valence-corrected chi connectivity index (χ0v) is 18.8. The molecule has 0 aliphatic rings. The van der Waals surface area contributed by atoms with Gasteiger partial charge in [-0.1, -0.05) is 55.8 Å². The Labute approximate surface area is 185 Å². The van der Waals surface area contributed by atoms with Gasteiger partial charge < -0.3 is 5.32 Å². The van der Waals surface area contributed by atoms with Gasteiger partial charge in [-0.15, -0.1) is 11.3 Å². The van der Waals surface area contributed by atoms with Gasteiger partial charge in [0.25, 0.3) is 5.91 Å². The van der Waals surface area contributed by atoms with Crippen molar-refractivity contribution in [2.24, 2.45) is 0 Å². The fourth-order valence-corrected chi connectivity index (χ4v) is 4.57. The minimum absolute atomic E-state index is 0.127. The van der Waals surface area contributed by atoms with Crippen molar-refractivity contribution in [3.63, 3.8) is 0 Å². The molecule has 4 rings (SSSR count). The van der Waals surface area contributed by atoms with Gasteiger partial charge in [-0.3, -0.25) is 4.79 Å². The Kier molecular flexibility index (Phi) is 5.89. The lowest BCUT2D eigenvalue weighted by Gasteiger charge is -2.16. The third-order valence-corrected chi connectivity index (χ3v) is 6.73. The molecule has 4 aromatic rings. The Hall–Kier alpha value is -2.69. The van der Waals surface area contributed by atoms with Crippen molar-refractivity contribution in [2.45, 2.75) is 33.6 Å². The number of halogens is 1. The van der Waals surface area contributed by atoms with Crippen LogP contribution in [0.25, 0.3) is 21.5 Å². The number of pyridine rings is 1. The molecule has 1 N–H and O–H groups in total. The Morgan fingerprint density at radius 3 is 2.43 bits per heavy atom. The molecule has 0 aliphatic heterocycles. The quantitative estimate of drug-likeness (QED) is 0.358. The number of fused-ring (bicyclic) bond motifs is 1. The highest BCUT2D eigenvalue weighted by Gasteiger charge is 2.18. The summed E-state index contributed by atoms with van der Waals surface area (Å²) in [6.07, 6.45) is 1.71. The first-order valence-corrected chi connectivity index (χ1v) is 11.3. The number of hydrogen-bond donors (Lipinski definition) is 1. The second kappa shape index (κ2) is 8.58. The van der Waals surface area contributed by atoms with E-state index in [2.05, 4.69) is 37.4 Å². The first-order valence-electron chi connectivity index (χ1n) is 10.1. The van der Waals surface area contributed by atoms with Crippen LogP contribution in [0, 0.1) is 6.92 Å². The third kappa shape index (κ3) is 3.73. The molecule has 30 heavy (non-hydrogen) atoms. The number of hydrogen-bond acceptors (Lipinski definition) is 3. The highest BCUT2D eigenvalue weighted by atomic mass is 35.5. The van der Waals surface area contributed by atoms with Crippen LogP contribution in [0.5, 0.6) is 0 Å². The van der Waals surface area contributed by atoms with E-state index >= 15 is 0 Å². The second-order valence-electron chi connectivity index (χ2n) is 7.21. The molecule has 2 heterocycles. The Morgan fingerprint density at radius 1 is 1.07 bits per heavy atom. The largest absolute Gasteiger partial charge is 0.321 e. The first-order chi connectivity index (χ1) is 14.5. The number of anilines is 1. The van der Waals surface area contributed by atoms with E-state index in [1.165, 1.54) is 0 Å². The lowest BCUT2D eigenvalue weighted by Crippen LogP contribution is -2.16. The number of carbonyl (C=O) groups is 1. The topological polar surface area (TPSA) is 42.0 Å². The summed E-state index contributed by atoms with van der Waals surface area (Å²) in [6, 6.07) is 15.8. The molecule has 0 saturated carbocycles. The summed E-state index contributed by atoms with van der Waals surface area (Å²) >= 11 is 7.97. The van der Waals surface area contributed by atoms with Gasteiger partial charge in [0.15, 0.2) is 0 Å². The molecule has 0 spiro atoms. The van der Waals surface area contributed by atoms with Crippen LogP contribution in [-0.4, -0.2) is 10.9 Å². The fraction of sp³-hybridized carbons (Fsp3) is 0.200. The number of para-hydroxylation sites is 1. The highest BCUT2D eigenvalue weighted by Crippen LogP contribution is 2.32. The molecule has 5 heteroatoms. The zero-order chi connectivity index (χ0) is 21.3. The van der Waals surface area contributed by atoms with Gasteiger partial charge >= 0.3 is 0 Å². The summed E-state index contributed by atoms with van der Waals surface area (Å²) in [4.78, 5) is 19.4. The summed E-state index contributed by atoms with van der Waals surface area (Å²) in [7, 11) is 0. The SMILES string of the molecule is CCc1cccc(CC)c1NC(=O)c1cc(-c2cccs2)nc2c(C)c(Cl)ccc12. The number of rotatable bonds is 5. The number of aryl methyl sites for hydroxylation is 3. The molecular formula is C25H23ClN2OS. The lowest BCUT2D eigenvalue weighted by molar-refractivity contribution is 0.102. The van der Waals surface area contributed by atoms with Crippen molar-refractivity contribution < 1.29 is 4.79 Å². The zero-order valence-electron chi connectivity index (χ0n) is 17.3. The second-order valence-corrected chi connectivity index (χ2v) is 8.57. The van der Waals surface area contributed by atoms with Crippen LogP contribution in [0.2, 0.25) is 5.02 Å². The van der Waals surface area contributed by atoms with E-state index in [0.29, 0.717) is 10.6 Å². The van der Waals surface area contributed by atoms with E-state index in [9.17, 15) is 4.79 Å². The molecule has 0 saturated heterocycles. The molecule has 152 valence electrons. The maximum absolute atomic E-state index is 13.5. The van der Waals surface area contributed by atoms with Gasteiger partial charge in [0.1, 0.15) is 0 Å². The minimum atomic E-state index is -0.127. The average Bonchev–Trinajstić information content (AvgIpc) is 3.30. The van der Waals surface area contributed by atoms with Crippen molar-refractivity contribution in [1.29, 1.82) is 0 Å². The summed E-state index contributed by atoms with van der Waals surface area (Å²) < 4.78 is 0. The number of benzene rings is 2. The first kappa shape index (κ1) is 20.6. The number of amides is 1. The van der Waals surface area contributed by atoms with Gasteiger partial charge in [0.05, 0.1) is 21.7 Å². The van der Waals surface area contributed by atoms with Gasteiger partial charge in [0.2, 0.25) is 0 Å². The van der Waals surface area contributed by atoms with Crippen LogP contribution in [0.3, 0.4) is 0 Å². The Morgan fingerprint density at radius 2 is 1.80 bits per heavy atom. The van der Waals surface area contributed by atoms with Crippen molar-refractivity contribution in [1.82, 2.24) is 4.98 Å². The molecule has 2 aromatic heterocycles. The fourth-order valence-electron chi connectivity index (χ4n) is 3.73. The smallest absolute Gasteiger partial charge is 0.256 e.